The Hall–Kier alpha value is -1.72. The van der Waals surface area contributed by atoms with Crippen LogP contribution in [0.4, 0.5) is 5.82 Å². The Bertz CT molecular complexity index is 1240. The minimum absolute atomic E-state index is 0.0845. The second kappa shape index (κ2) is 9.14. The highest BCUT2D eigenvalue weighted by Gasteiger charge is 2.43. The number of imidazole rings is 1. The molecule has 1 aliphatic heterocycles. The Morgan fingerprint density at radius 1 is 1.24 bits per heavy atom. The molecule has 1 saturated heterocycles. The average molecular weight is 536 g/mol. The minimum Gasteiger partial charge on any atom is -0.412 e. The summed E-state index contributed by atoms with van der Waals surface area (Å²) in [6.45, 7) is -0.748. The molecule has 3 heterocycles. The van der Waals surface area contributed by atoms with E-state index in [1.165, 1.54) is 18.0 Å². The number of nitrogen functional groups attached to an aromatic ring is 1. The Balaban J connectivity index is 1.73. The molecule has 2 aromatic rings. The number of aromatic nitrogens is 4. The van der Waals surface area contributed by atoms with Gasteiger partial charge in [-0.25, -0.2) is 18.7 Å². The summed E-state index contributed by atoms with van der Waals surface area (Å²) < 4.78 is 53.5. The highest BCUT2D eigenvalue weighted by atomic mass is 31.3. The van der Waals surface area contributed by atoms with Gasteiger partial charge in [0.15, 0.2) is 23.2 Å². The number of fused-ring (bicyclic) bond motifs is 1. The van der Waals surface area contributed by atoms with Crippen molar-refractivity contribution in [2.45, 2.75) is 24.9 Å². The molecule has 0 radical (unpaired) electrons. The summed E-state index contributed by atoms with van der Waals surface area (Å²) in [6.07, 6.45) is -2.34. The van der Waals surface area contributed by atoms with Crippen LogP contribution in [0.25, 0.3) is 11.2 Å². The molecule has 2 aromatic heterocycles. The third-order valence-corrected chi connectivity index (χ3v) is 7.89. The summed E-state index contributed by atoms with van der Waals surface area (Å²) in [6, 6.07) is 0. The van der Waals surface area contributed by atoms with E-state index < -0.39 is 48.5 Å². The SMILES string of the molecule is COn1c(=N)nc(N)c2ncn([C@@H]3O[C@H](COP(=O)(O)OP(=O)(O)OP(=O)(O)O)C[C@H]3O)c21. The third-order valence-electron chi connectivity index (χ3n) is 4.08. The first kappa shape index (κ1) is 25.9. The van der Waals surface area contributed by atoms with E-state index in [1.54, 1.807) is 0 Å². The molecule has 22 heteroatoms. The van der Waals surface area contributed by atoms with Crippen LogP contribution in [0.2, 0.25) is 0 Å². The maximum absolute atomic E-state index is 11.8. The molecular weight excluding hydrogens is 517 g/mol. The van der Waals surface area contributed by atoms with Crippen molar-refractivity contribution >= 4 is 40.4 Å². The van der Waals surface area contributed by atoms with E-state index in [9.17, 15) is 23.7 Å². The lowest BCUT2D eigenvalue weighted by Gasteiger charge is -2.19. The zero-order chi connectivity index (χ0) is 24.8. The van der Waals surface area contributed by atoms with Crippen molar-refractivity contribution in [3.05, 3.63) is 11.9 Å². The number of rotatable bonds is 9. The zero-order valence-corrected chi connectivity index (χ0v) is 19.1. The average Bonchev–Trinajstić information content (AvgIpc) is 3.21. The molecule has 1 fully saturated rings. The standard InChI is InChI=1S/C11H19N6O13P3/c1-26-17-9-7(8(12)15-11(17)13)14-4-16(9)10-6(18)2-5(28-10)3-27-32(22,23)30-33(24,25)29-31(19,20)21/h4-6,10,18H,2-3H2,1H3,(H,22,23)(H,24,25)(H3,12,13,15)(H2,19,20,21)/t5-,6+,10+/m0/s1. The van der Waals surface area contributed by atoms with Crippen LogP contribution < -0.4 is 16.2 Å². The summed E-state index contributed by atoms with van der Waals surface area (Å²) in [7, 11) is -15.3. The van der Waals surface area contributed by atoms with Gasteiger partial charge in [-0.2, -0.15) is 13.6 Å². The van der Waals surface area contributed by atoms with Crippen LogP contribution in [0, 0.1) is 5.41 Å². The Morgan fingerprint density at radius 3 is 2.52 bits per heavy atom. The van der Waals surface area contributed by atoms with Crippen LogP contribution in [0.15, 0.2) is 6.33 Å². The number of hydrogen-bond donors (Lipinski definition) is 7. The predicted molar refractivity (Wildman–Crippen MR) is 103 cm³/mol. The molecule has 3 rings (SSSR count). The molecule has 19 nitrogen and oxygen atoms in total. The lowest BCUT2D eigenvalue weighted by Crippen LogP contribution is -2.31. The Morgan fingerprint density at radius 2 is 1.91 bits per heavy atom. The topological polar surface area (TPSA) is 284 Å². The number of aliphatic hydroxyl groups excluding tert-OH is 1. The third kappa shape index (κ3) is 6.05. The van der Waals surface area contributed by atoms with Crippen molar-refractivity contribution in [3.8, 4) is 0 Å². The van der Waals surface area contributed by atoms with Crippen molar-refractivity contribution in [2.24, 2.45) is 0 Å². The van der Waals surface area contributed by atoms with E-state index in [2.05, 4.69) is 23.1 Å². The molecule has 0 saturated carbocycles. The fourth-order valence-corrected chi connectivity index (χ4v) is 6.03. The zero-order valence-electron chi connectivity index (χ0n) is 16.4. The van der Waals surface area contributed by atoms with Crippen LogP contribution >= 0.6 is 23.5 Å². The Labute approximate surface area is 183 Å². The molecule has 5 atom stereocenters. The Kier molecular flexibility index (Phi) is 7.18. The molecule has 0 amide bonds. The highest BCUT2D eigenvalue weighted by molar-refractivity contribution is 7.66. The molecule has 0 aromatic carbocycles. The first-order valence-electron chi connectivity index (χ1n) is 8.58. The maximum Gasteiger partial charge on any atom is 0.490 e. The van der Waals surface area contributed by atoms with Gasteiger partial charge in [0.05, 0.1) is 19.0 Å². The molecule has 186 valence electrons. The lowest BCUT2D eigenvalue weighted by molar-refractivity contribution is -0.0492. The minimum atomic E-state index is -5.66. The van der Waals surface area contributed by atoms with Crippen molar-refractivity contribution in [1.29, 1.82) is 5.41 Å². The molecule has 0 bridgehead atoms. The van der Waals surface area contributed by atoms with E-state index in [1.807, 2.05) is 0 Å². The molecule has 33 heavy (non-hydrogen) atoms. The summed E-state index contributed by atoms with van der Waals surface area (Å²) in [5, 5.41) is 18.3. The second-order valence-electron chi connectivity index (χ2n) is 6.46. The molecule has 0 spiro atoms. The number of ether oxygens (including phenoxy) is 1. The lowest BCUT2D eigenvalue weighted by atomic mass is 10.2. The van der Waals surface area contributed by atoms with Crippen molar-refractivity contribution < 1.29 is 61.1 Å². The molecule has 8 N–H and O–H groups in total. The van der Waals surface area contributed by atoms with Crippen molar-refractivity contribution in [1.82, 2.24) is 19.3 Å². The van der Waals surface area contributed by atoms with Crippen LogP contribution in [0.1, 0.15) is 12.6 Å². The van der Waals surface area contributed by atoms with Crippen LogP contribution in [-0.2, 0) is 31.6 Å². The van der Waals surface area contributed by atoms with Gasteiger partial charge in [0.1, 0.15) is 13.2 Å². The van der Waals surface area contributed by atoms with E-state index in [4.69, 9.17) is 35.4 Å². The van der Waals surface area contributed by atoms with E-state index in [0.29, 0.717) is 0 Å². The van der Waals surface area contributed by atoms with Crippen molar-refractivity contribution in [3.63, 3.8) is 0 Å². The monoisotopic (exact) mass is 536 g/mol. The van der Waals surface area contributed by atoms with Gasteiger partial charge in [0.2, 0.25) is 0 Å². The molecule has 1 aliphatic rings. The second-order valence-corrected chi connectivity index (χ2v) is 10.9. The number of nitrogens with zero attached hydrogens (tertiary/aromatic N) is 4. The van der Waals surface area contributed by atoms with Crippen LogP contribution in [0.5, 0.6) is 0 Å². The first-order valence-corrected chi connectivity index (χ1v) is 13.1. The summed E-state index contributed by atoms with van der Waals surface area (Å²) in [5.74, 6) is -0.0845. The van der Waals surface area contributed by atoms with Gasteiger partial charge < -0.3 is 40.0 Å². The van der Waals surface area contributed by atoms with E-state index >= 15 is 0 Å². The van der Waals surface area contributed by atoms with Gasteiger partial charge in [-0.05, 0) is 0 Å². The number of nitrogens with one attached hydrogen (secondary N) is 1. The molecule has 2 unspecified atom stereocenters. The molecule has 0 aliphatic carbocycles. The van der Waals surface area contributed by atoms with Gasteiger partial charge in [0, 0.05) is 6.42 Å². The largest absolute Gasteiger partial charge is 0.490 e. The molecular formula is C11H19N6O13P3. The fourth-order valence-electron chi connectivity index (χ4n) is 2.98. The number of phosphoric acid groups is 3. The number of hydrogen-bond acceptors (Lipinski definition) is 13. The number of aliphatic hydroxyl groups is 1. The highest BCUT2D eigenvalue weighted by Crippen LogP contribution is 2.66. The van der Waals surface area contributed by atoms with Gasteiger partial charge in [0.25, 0.3) is 5.62 Å². The van der Waals surface area contributed by atoms with Gasteiger partial charge in [-0.3, -0.25) is 14.5 Å². The normalized spacial score (nSPS) is 25.1. The quantitative estimate of drug-likeness (QED) is 0.177. The first-order chi connectivity index (χ1) is 15.1. The van der Waals surface area contributed by atoms with E-state index in [-0.39, 0.29) is 29.0 Å². The number of anilines is 1. The predicted octanol–water partition coefficient (Wildman–Crippen LogP) is -1.66. The summed E-state index contributed by atoms with van der Waals surface area (Å²) in [4.78, 5) is 48.7. The van der Waals surface area contributed by atoms with Gasteiger partial charge in [-0.1, -0.05) is 0 Å². The van der Waals surface area contributed by atoms with E-state index in [0.717, 1.165) is 4.73 Å². The fraction of sp³-hybridized carbons (Fsp3) is 0.545. The van der Waals surface area contributed by atoms with Crippen LogP contribution in [-0.4, -0.2) is 69.9 Å². The van der Waals surface area contributed by atoms with Crippen molar-refractivity contribution in [2.75, 3.05) is 19.5 Å². The smallest absolute Gasteiger partial charge is 0.412 e. The number of phosphoric ester groups is 1. The van der Waals surface area contributed by atoms with Crippen LogP contribution in [0.3, 0.4) is 0 Å². The van der Waals surface area contributed by atoms with Gasteiger partial charge in [-0.15, -0.1) is 4.73 Å². The number of nitrogens with two attached hydrogens (primary N) is 1. The summed E-state index contributed by atoms with van der Waals surface area (Å²) in [5.41, 5.74) is 5.65. The van der Waals surface area contributed by atoms with Gasteiger partial charge >= 0.3 is 23.5 Å². The summed E-state index contributed by atoms with van der Waals surface area (Å²) >= 11 is 0. The maximum atomic E-state index is 11.8.